The summed E-state index contributed by atoms with van der Waals surface area (Å²) in [5, 5.41) is 10.3. The Labute approximate surface area is 143 Å². The van der Waals surface area contributed by atoms with Crippen molar-refractivity contribution in [1.29, 1.82) is 0 Å². The zero-order valence-corrected chi connectivity index (χ0v) is 13.8. The van der Waals surface area contributed by atoms with Crippen molar-refractivity contribution in [3.63, 3.8) is 0 Å². The Bertz CT molecular complexity index is 1010. The monoisotopic (exact) mass is 336 g/mol. The molecule has 1 aromatic carbocycles. The summed E-state index contributed by atoms with van der Waals surface area (Å²) in [5.74, 6) is -0.232. The smallest absolute Gasteiger partial charge is 0.257 e. The number of anilines is 1. The number of aryl methyl sites for hydroxylation is 1. The van der Waals surface area contributed by atoms with Crippen LogP contribution in [0.2, 0.25) is 0 Å². The lowest BCUT2D eigenvalue weighted by atomic mass is 10.0. The van der Waals surface area contributed by atoms with Crippen molar-refractivity contribution in [2.24, 2.45) is 0 Å². The van der Waals surface area contributed by atoms with Crippen LogP contribution in [-0.4, -0.2) is 22.0 Å². The van der Waals surface area contributed by atoms with Gasteiger partial charge in [0.05, 0.1) is 29.1 Å². The second-order valence-corrected chi connectivity index (χ2v) is 6.18. The number of amides is 2. The SMILES string of the molecule is Cc1noc2ncc(C(=O)N[C@@H](C)c3ccc4c(c3)CC(=O)N4)cc12. The van der Waals surface area contributed by atoms with Crippen molar-refractivity contribution in [1.82, 2.24) is 15.5 Å². The lowest BCUT2D eigenvalue weighted by molar-refractivity contribution is -0.115. The minimum atomic E-state index is -0.225. The van der Waals surface area contributed by atoms with E-state index in [9.17, 15) is 9.59 Å². The average molecular weight is 336 g/mol. The number of nitrogens with zero attached hydrogens (tertiary/aromatic N) is 2. The van der Waals surface area contributed by atoms with E-state index in [4.69, 9.17) is 4.52 Å². The molecular weight excluding hydrogens is 320 g/mol. The van der Waals surface area contributed by atoms with Gasteiger partial charge in [0.15, 0.2) is 0 Å². The summed E-state index contributed by atoms with van der Waals surface area (Å²) in [4.78, 5) is 28.1. The number of pyridine rings is 1. The first kappa shape index (κ1) is 15.3. The van der Waals surface area contributed by atoms with Crippen LogP contribution in [-0.2, 0) is 11.2 Å². The number of fused-ring (bicyclic) bond motifs is 2. The molecule has 3 aromatic rings. The first-order chi connectivity index (χ1) is 12.0. The van der Waals surface area contributed by atoms with Gasteiger partial charge in [0.25, 0.3) is 11.6 Å². The van der Waals surface area contributed by atoms with Crippen LogP contribution in [0.1, 0.15) is 40.1 Å². The Morgan fingerprint density at radius 3 is 3.04 bits per heavy atom. The van der Waals surface area contributed by atoms with E-state index < -0.39 is 0 Å². The number of hydrogen-bond donors (Lipinski definition) is 2. The van der Waals surface area contributed by atoms with Crippen LogP contribution in [0.25, 0.3) is 11.1 Å². The van der Waals surface area contributed by atoms with Crippen LogP contribution in [0.3, 0.4) is 0 Å². The van der Waals surface area contributed by atoms with E-state index in [0.717, 1.165) is 22.2 Å². The van der Waals surface area contributed by atoms with Gasteiger partial charge in [-0.15, -0.1) is 0 Å². The van der Waals surface area contributed by atoms with Crippen molar-refractivity contribution in [2.45, 2.75) is 26.3 Å². The van der Waals surface area contributed by atoms with E-state index in [1.54, 1.807) is 13.0 Å². The van der Waals surface area contributed by atoms with Crippen LogP contribution in [0, 0.1) is 6.92 Å². The van der Waals surface area contributed by atoms with E-state index in [-0.39, 0.29) is 17.9 Å². The highest BCUT2D eigenvalue weighted by atomic mass is 16.5. The maximum atomic E-state index is 12.5. The molecule has 2 N–H and O–H groups in total. The number of carbonyl (C=O) groups is 2. The fourth-order valence-corrected chi connectivity index (χ4v) is 2.95. The van der Waals surface area contributed by atoms with Crippen molar-refractivity contribution in [3.8, 4) is 0 Å². The topological polar surface area (TPSA) is 97.1 Å². The molecule has 0 fully saturated rings. The third kappa shape index (κ3) is 2.73. The zero-order chi connectivity index (χ0) is 17.6. The first-order valence-electron chi connectivity index (χ1n) is 7.97. The first-order valence-corrected chi connectivity index (χ1v) is 7.97. The van der Waals surface area contributed by atoms with Gasteiger partial charge in [-0.25, -0.2) is 4.98 Å². The summed E-state index contributed by atoms with van der Waals surface area (Å²) in [5.41, 5.74) is 4.29. The molecule has 0 aliphatic carbocycles. The number of carbonyl (C=O) groups excluding carboxylic acids is 2. The van der Waals surface area contributed by atoms with Crippen LogP contribution >= 0.6 is 0 Å². The van der Waals surface area contributed by atoms with E-state index >= 15 is 0 Å². The zero-order valence-electron chi connectivity index (χ0n) is 13.8. The maximum Gasteiger partial charge on any atom is 0.257 e. The molecule has 1 atom stereocenters. The van der Waals surface area contributed by atoms with Gasteiger partial charge >= 0.3 is 0 Å². The van der Waals surface area contributed by atoms with Gasteiger partial charge in [-0.2, -0.15) is 0 Å². The summed E-state index contributed by atoms with van der Waals surface area (Å²) in [6.07, 6.45) is 1.84. The third-order valence-electron chi connectivity index (χ3n) is 4.37. The van der Waals surface area contributed by atoms with Gasteiger partial charge in [-0.05, 0) is 37.1 Å². The Morgan fingerprint density at radius 1 is 1.36 bits per heavy atom. The van der Waals surface area contributed by atoms with Crippen molar-refractivity contribution < 1.29 is 14.1 Å². The van der Waals surface area contributed by atoms with E-state index in [0.29, 0.717) is 23.4 Å². The Balaban J connectivity index is 1.54. The summed E-state index contributed by atoms with van der Waals surface area (Å²) < 4.78 is 5.06. The Hall–Kier alpha value is -3.22. The Kier molecular flexibility index (Phi) is 3.49. The highest BCUT2D eigenvalue weighted by Gasteiger charge is 2.20. The predicted octanol–water partition coefficient (Wildman–Crippen LogP) is 2.52. The van der Waals surface area contributed by atoms with Gasteiger partial charge in [0.2, 0.25) is 5.91 Å². The Morgan fingerprint density at radius 2 is 2.20 bits per heavy atom. The highest BCUT2D eigenvalue weighted by Crippen LogP contribution is 2.26. The van der Waals surface area contributed by atoms with Gasteiger partial charge < -0.3 is 15.2 Å². The van der Waals surface area contributed by atoms with Crippen molar-refractivity contribution in [2.75, 3.05) is 5.32 Å². The second-order valence-electron chi connectivity index (χ2n) is 6.18. The van der Waals surface area contributed by atoms with Gasteiger partial charge in [0.1, 0.15) is 0 Å². The fraction of sp³-hybridized carbons (Fsp3) is 0.222. The molecule has 1 aliphatic rings. The minimum absolute atomic E-state index is 0.00712. The normalized spacial score (nSPS) is 14.2. The molecular formula is C18H16N4O3. The molecule has 0 bridgehead atoms. The van der Waals surface area contributed by atoms with E-state index in [1.807, 2.05) is 25.1 Å². The molecule has 0 unspecified atom stereocenters. The molecule has 126 valence electrons. The summed E-state index contributed by atoms with van der Waals surface area (Å²) in [7, 11) is 0. The maximum absolute atomic E-state index is 12.5. The quantitative estimate of drug-likeness (QED) is 0.766. The number of rotatable bonds is 3. The molecule has 7 nitrogen and oxygen atoms in total. The molecule has 2 aromatic heterocycles. The van der Waals surface area contributed by atoms with Crippen molar-refractivity contribution in [3.05, 3.63) is 52.8 Å². The third-order valence-corrected chi connectivity index (χ3v) is 4.37. The van der Waals surface area contributed by atoms with Gasteiger partial charge in [-0.3, -0.25) is 9.59 Å². The number of nitrogens with one attached hydrogen (secondary N) is 2. The van der Waals surface area contributed by atoms with Crippen LogP contribution in [0.15, 0.2) is 35.0 Å². The molecule has 0 saturated carbocycles. The van der Waals surface area contributed by atoms with Gasteiger partial charge in [-0.1, -0.05) is 17.3 Å². The fourth-order valence-electron chi connectivity index (χ4n) is 2.95. The number of hydrogen-bond acceptors (Lipinski definition) is 5. The number of aromatic nitrogens is 2. The van der Waals surface area contributed by atoms with E-state index in [1.165, 1.54) is 6.20 Å². The standard InChI is InChI=1S/C18H16N4O3/c1-9(11-3-4-15-12(5-11)7-16(23)21-15)20-17(24)13-6-14-10(2)22-25-18(14)19-8-13/h3-6,8-9H,7H2,1-2H3,(H,20,24)(H,21,23)/t9-/m0/s1. The lowest BCUT2D eigenvalue weighted by Crippen LogP contribution is -2.26. The molecule has 0 radical (unpaired) electrons. The molecule has 25 heavy (non-hydrogen) atoms. The minimum Gasteiger partial charge on any atom is -0.345 e. The average Bonchev–Trinajstić information content (AvgIpc) is 3.15. The second kappa shape index (κ2) is 5.70. The summed E-state index contributed by atoms with van der Waals surface area (Å²) in [6.45, 7) is 3.71. The highest BCUT2D eigenvalue weighted by molar-refractivity contribution is 5.99. The molecule has 4 rings (SSSR count). The van der Waals surface area contributed by atoms with E-state index in [2.05, 4.69) is 20.8 Å². The largest absolute Gasteiger partial charge is 0.345 e. The molecule has 2 amide bonds. The van der Waals surface area contributed by atoms with Crippen LogP contribution < -0.4 is 10.6 Å². The molecule has 7 heteroatoms. The van der Waals surface area contributed by atoms with Crippen LogP contribution in [0.5, 0.6) is 0 Å². The molecule has 3 heterocycles. The van der Waals surface area contributed by atoms with Crippen LogP contribution in [0.4, 0.5) is 5.69 Å². The summed E-state index contributed by atoms with van der Waals surface area (Å²) in [6, 6.07) is 7.24. The van der Waals surface area contributed by atoms with Crippen molar-refractivity contribution >= 4 is 28.6 Å². The molecule has 0 spiro atoms. The predicted molar refractivity (Wildman–Crippen MR) is 91.2 cm³/mol. The molecule has 1 aliphatic heterocycles. The lowest BCUT2D eigenvalue weighted by Gasteiger charge is -2.15. The number of benzene rings is 1. The molecule has 0 saturated heterocycles. The van der Waals surface area contributed by atoms with Gasteiger partial charge in [0, 0.05) is 11.9 Å². The summed E-state index contributed by atoms with van der Waals surface area (Å²) >= 11 is 0.